The van der Waals surface area contributed by atoms with Gasteiger partial charge in [-0.05, 0) is 38.5 Å². The van der Waals surface area contributed by atoms with Gasteiger partial charge < -0.3 is 9.66 Å². The molecule has 17 heavy (non-hydrogen) atoms. The topological polar surface area (TPSA) is 72.7 Å². The maximum atomic E-state index is 11.7. The number of nitrogens with zero attached hydrogens (tertiary/aromatic N) is 1. The van der Waals surface area contributed by atoms with Crippen molar-refractivity contribution in [3.63, 3.8) is 0 Å². The van der Waals surface area contributed by atoms with Crippen molar-refractivity contribution in [1.29, 1.82) is 0 Å². The van der Waals surface area contributed by atoms with Gasteiger partial charge in [0.1, 0.15) is 16.1 Å². The van der Waals surface area contributed by atoms with Crippen LogP contribution in [0.25, 0.3) is 0 Å². The molecule has 1 N–H and O–H groups in total. The van der Waals surface area contributed by atoms with Crippen LogP contribution in [0.1, 0.15) is 36.7 Å². The van der Waals surface area contributed by atoms with Gasteiger partial charge in [0.2, 0.25) is 0 Å². The van der Waals surface area contributed by atoms with Crippen LogP contribution >= 0.6 is 0 Å². The summed E-state index contributed by atoms with van der Waals surface area (Å²) < 4.78 is 15.2. The Kier molecular flexibility index (Phi) is 4.31. The number of hydrogen-bond acceptors (Lipinski definition) is 3. The van der Waals surface area contributed by atoms with E-state index in [4.69, 9.17) is 5.11 Å². The van der Waals surface area contributed by atoms with Gasteiger partial charge in [-0.1, -0.05) is 16.5 Å². The van der Waals surface area contributed by atoms with Crippen molar-refractivity contribution in [1.82, 2.24) is 0 Å². The van der Waals surface area contributed by atoms with Crippen molar-refractivity contribution in [3.05, 3.63) is 35.4 Å². The monoisotopic (exact) mass is 253 g/mol. The van der Waals surface area contributed by atoms with Crippen LogP contribution in [0.15, 0.2) is 28.7 Å². The van der Waals surface area contributed by atoms with E-state index < -0.39 is 22.1 Å². The molecule has 0 heterocycles. The second-order valence-electron chi connectivity index (χ2n) is 4.53. The van der Waals surface area contributed by atoms with Crippen LogP contribution in [0.5, 0.6) is 0 Å². The number of aromatic carboxylic acids is 1. The summed E-state index contributed by atoms with van der Waals surface area (Å²) in [5, 5.41) is 8.81. The summed E-state index contributed by atoms with van der Waals surface area (Å²) in [7, 11) is 0. The zero-order valence-corrected chi connectivity index (χ0v) is 10.8. The van der Waals surface area contributed by atoms with E-state index in [-0.39, 0.29) is 5.56 Å². The normalized spacial score (nSPS) is 13.9. The lowest BCUT2D eigenvalue weighted by atomic mass is 10.1. The van der Waals surface area contributed by atoms with Crippen LogP contribution in [0.4, 0.5) is 0 Å². The van der Waals surface area contributed by atoms with E-state index in [1.807, 2.05) is 20.8 Å². The lowest BCUT2D eigenvalue weighted by Gasteiger charge is -2.17. The predicted molar refractivity (Wildman–Crippen MR) is 68.9 cm³/mol. The van der Waals surface area contributed by atoms with E-state index in [0.29, 0.717) is 5.56 Å². The molecule has 1 rings (SSSR count). The Morgan fingerprint density at radius 1 is 1.47 bits per heavy atom. The molecule has 1 aromatic carbocycles. The molecular formula is C12H15NO3S. The Hall–Kier alpha value is -1.33. The van der Waals surface area contributed by atoms with Gasteiger partial charge in [0.15, 0.2) is 0 Å². The standard InChI is InChI=1S/C12H15NO3S/c1-12(2,3)17(16)13-8-9-5-4-6-10(7-9)11(14)15/h4-8H,1-3H3,(H,14,15)/t17-/m0/s1. The third-order valence-corrected chi connectivity index (χ3v) is 3.30. The predicted octanol–water partition coefficient (Wildman–Crippen LogP) is 2.27. The molecule has 0 aliphatic carbocycles. The molecule has 0 saturated heterocycles. The van der Waals surface area contributed by atoms with E-state index in [0.717, 1.165) is 0 Å². The average Bonchev–Trinajstić information content (AvgIpc) is 2.25. The first kappa shape index (κ1) is 13.7. The van der Waals surface area contributed by atoms with Crippen molar-refractivity contribution >= 4 is 23.5 Å². The number of carbonyl (C=O) groups is 1. The minimum Gasteiger partial charge on any atom is -0.591 e. The molecule has 0 aliphatic heterocycles. The number of carboxylic acid groups (broad SMARTS) is 1. The lowest BCUT2D eigenvalue weighted by molar-refractivity contribution is 0.0697. The highest BCUT2D eigenvalue weighted by atomic mass is 32.2. The molecule has 5 heteroatoms. The van der Waals surface area contributed by atoms with Gasteiger partial charge in [-0.2, -0.15) is 0 Å². The van der Waals surface area contributed by atoms with Crippen LogP contribution < -0.4 is 0 Å². The summed E-state index contributed by atoms with van der Waals surface area (Å²) in [6, 6.07) is 6.34. The SMILES string of the molecule is CC(C)(C)[S@+]([O-])N=Cc1cccc(C(=O)O)c1. The fraction of sp³-hybridized carbons (Fsp3) is 0.333. The minimum absolute atomic E-state index is 0.190. The summed E-state index contributed by atoms with van der Waals surface area (Å²) >= 11 is -1.33. The van der Waals surface area contributed by atoms with E-state index in [2.05, 4.69) is 4.40 Å². The largest absolute Gasteiger partial charge is 0.591 e. The first-order valence-corrected chi connectivity index (χ1v) is 6.21. The number of carboxylic acids is 1. The summed E-state index contributed by atoms with van der Waals surface area (Å²) in [5.41, 5.74) is 0.818. The second-order valence-corrected chi connectivity index (χ2v) is 6.46. The van der Waals surface area contributed by atoms with E-state index >= 15 is 0 Å². The second kappa shape index (κ2) is 5.33. The molecule has 0 aromatic heterocycles. The van der Waals surface area contributed by atoms with Crippen LogP contribution in [0.2, 0.25) is 0 Å². The van der Waals surface area contributed by atoms with E-state index in [9.17, 15) is 9.35 Å². The Morgan fingerprint density at radius 3 is 2.65 bits per heavy atom. The van der Waals surface area contributed by atoms with Crippen LogP contribution in [0, 0.1) is 0 Å². The first-order valence-electron chi connectivity index (χ1n) is 5.10. The molecule has 0 amide bonds. The van der Waals surface area contributed by atoms with Crippen molar-refractivity contribution in [2.75, 3.05) is 0 Å². The quantitative estimate of drug-likeness (QED) is 0.663. The van der Waals surface area contributed by atoms with Gasteiger partial charge in [-0.25, -0.2) is 4.79 Å². The maximum Gasteiger partial charge on any atom is 0.335 e. The molecule has 0 bridgehead atoms. The molecule has 1 atom stereocenters. The smallest absolute Gasteiger partial charge is 0.335 e. The van der Waals surface area contributed by atoms with Crippen molar-refractivity contribution < 1.29 is 14.5 Å². The molecule has 0 radical (unpaired) electrons. The molecular weight excluding hydrogens is 238 g/mol. The third kappa shape index (κ3) is 4.20. The Labute approximate surface area is 104 Å². The molecule has 0 fully saturated rings. The van der Waals surface area contributed by atoms with Crippen LogP contribution in [0.3, 0.4) is 0 Å². The molecule has 0 aliphatic rings. The lowest BCUT2D eigenvalue weighted by Crippen LogP contribution is -2.25. The molecule has 4 nitrogen and oxygen atoms in total. The minimum atomic E-state index is -1.33. The van der Waals surface area contributed by atoms with E-state index in [1.165, 1.54) is 18.3 Å². The van der Waals surface area contributed by atoms with Gasteiger partial charge >= 0.3 is 5.97 Å². The summed E-state index contributed by atoms with van der Waals surface area (Å²) in [4.78, 5) is 10.7. The Morgan fingerprint density at radius 2 is 2.12 bits per heavy atom. The van der Waals surface area contributed by atoms with Crippen LogP contribution in [-0.4, -0.2) is 26.6 Å². The van der Waals surface area contributed by atoms with Gasteiger partial charge in [-0.15, -0.1) is 0 Å². The van der Waals surface area contributed by atoms with Gasteiger partial charge in [0.05, 0.1) is 11.8 Å². The third-order valence-electron chi connectivity index (χ3n) is 1.95. The zero-order valence-electron chi connectivity index (χ0n) is 10.0. The fourth-order valence-electron chi connectivity index (χ4n) is 1.02. The highest BCUT2D eigenvalue weighted by Crippen LogP contribution is 2.16. The van der Waals surface area contributed by atoms with Crippen LogP contribution in [-0.2, 0) is 11.4 Å². The van der Waals surface area contributed by atoms with Gasteiger partial charge in [0, 0.05) is 0 Å². The molecule has 1 aromatic rings. The fourth-order valence-corrected chi connectivity index (χ4v) is 1.55. The Balaban J connectivity index is 2.85. The van der Waals surface area contributed by atoms with Crippen molar-refractivity contribution in [2.24, 2.45) is 4.40 Å². The van der Waals surface area contributed by atoms with Gasteiger partial charge in [0.25, 0.3) is 0 Å². The molecule has 0 saturated carbocycles. The zero-order chi connectivity index (χ0) is 13.1. The highest BCUT2D eigenvalue weighted by Gasteiger charge is 2.25. The van der Waals surface area contributed by atoms with Crippen molar-refractivity contribution in [2.45, 2.75) is 25.5 Å². The number of hydrogen-bond donors (Lipinski definition) is 1. The number of rotatable bonds is 3. The summed E-state index contributed by atoms with van der Waals surface area (Å²) in [6.07, 6.45) is 1.44. The average molecular weight is 253 g/mol. The highest BCUT2D eigenvalue weighted by molar-refractivity contribution is 7.91. The molecule has 92 valence electrons. The first-order chi connectivity index (χ1) is 7.80. The van der Waals surface area contributed by atoms with Crippen molar-refractivity contribution in [3.8, 4) is 0 Å². The summed E-state index contributed by atoms with van der Waals surface area (Å²) in [6.45, 7) is 5.48. The Bertz CT molecular complexity index is 438. The van der Waals surface area contributed by atoms with E-state index in [1.54, 1.807) is 12.1 Å². The summed E-state index contributed by atoms with van der Waals surface area (Å²) in [5.74, 6) is -0.989. The maximum absolute atomic E-state index is 11.7. The molecule has 0 unspecified atom stereocenters. The molecule has 0 spiro atoms. The van der Waals surface area contributed by atoms with Gasteiger partial charge in [-0.3, -0.25) is 0 Å². The number of benzene rings is 1.